The van der Waals surface area contributed by atoms with Crippen LogP contribution in [0.3, 0.4) is 0 Å². The first-order chi connectivity index (χ1) is 15.4. The number of methoxy groups -OCH3 is 1. The predicted octanol–water partition coefficient (Wildman–Crippen LogP) is 3.66. The van der Waals surface area contributed by atoms with Gasteiger partial charge in [0.2, 0.25) is 5.91 Å². The molecule has 3 aromatic rings. The molecule has 1 aliphatic rings. The van der Waals surface area contributed by atoms with Gasteiger partial charge in [-0.05, 0) is 49.8 Å². The predicted molar refractivity (Wildman–Crippen MR) is 125 cm³/mol. The Morgan fingerprint density at radius 2 is 2.19 bits per heavy atom. The Morgan fingerprint density at radius 1 is 1.38 bits per heavy atom. The van der Waals surface area contributed by atoms with Gasteiger partial charge in [-0.25, -0.2) is 0 Å². The van der Waals surface area contributed by atoms with Gasteiger partial charge in [0.25, 0.3) is 0 Å². The van der Waals surface area contributed by atoms with Crippen molar-refractivity contribution >= 4 is 16.8 Å². The number of hydrogen-bond acceptors (Lipinski definition) is 5. The van der Waals surface area contributed by atoms with Gasteiger partial charge in [-0.3, -0.25) is 10.1 Å². The first-order valence-corrected chi connectivity index (χ1v) is 11.4. The second kappa shape index (κ2) is 9.46. The third kappa shape index (κ3) is 4.45. The van der Waals surface area contributed by atoms with Crippen LogP contribution < -0.4 is 10.6 Å². The summed E-state index contributed by atoms with van der Waals surface area (Å²) in [7, 11) is 1.64. The van der Waals surface area contributed by atoms with Crippen molar-refractivity contribution in [1.82, 2.24) is 20.4 Å². The SMILES string of the molecule is COCCNC(=O)[C@@H]1Cc2cn(Cc3c(C)noc3C)c3cccc(c23)[C@H](CC(C)C)N1. The summed E-state index contributed by atoms with van der Waals surface area (Å²) in [6.45, 7) is 10.1. The van der Waals surface area contributed by atoms with Crippen LogP contribution in [0, 0.1) is 19.8 Å². The summed E-state index contributed by atoms with van der Waals surface area (Å²) in [5.41, 5.74) is 5.70. The van der Waals surface area contributed by atoms with E-state index in [9.17, 15) is 4.79 Å². The van der Waals surface area contributed by atoms with Crippen LogP contribution in [0.2, 0.25) is 0 Å². The first kappa shape index (κ1) is 22.6. The Hall–Kier alpha value is -2.64. The summed E-state index contributed by atoms with van der Waals surface area (Å²) >= 11 is 0. The normalized spacial score (nSPS) is 18.3. The largest absolute Gasteiger partial charge is 0.383 e. The molecule has 1 aliphatic heterocycles. The number of rotatable bonds is 8. The summed E-state index contributed by atoms with van der Waals surface area (Å²) in [5, 5.41) is 12.1. The Balaban J connectivity index is 1.74. The number of ether oxygens (including phenoxy) is 1. The third-order valence-electron chi connectivity index (χ3n) is 6.36. The zero-order valence-electron chi connectivity index (χ0n) is 19.7. The number of amides is 1. The topological polar surface area (TPSA) is 81.3 Å². The van der Waals surface area contributed by atoms with Crippen LogP contribution in [-0.2, 0) is 22.5 Å². The fourth-order valence-electron chi connectivity index (χ4n) is 4.79. The Bertz CT molecular complexity index is 1080. The summed E-state index contributed by atoms with van der Waals surface area (Å²) < 4.78 is 12.8. The molecule has 2 N–H and O–H groups in total. The maximum Gasteiger partial charge on any atom is 0.237 e. The molecule has 0 spiro atoms. The molecule has 0 radical (unpaired) electrons. The molecule has 0 fully saturated rings. The van der Waals surface area contributed by atoms with Crippen molar-refractivity contribution in [3.63, 3.8) is 0 Å². The lowest BCUT2D eigenvalue weighted by atomic mass is 9.94. The van der Waals surface area contributed by atoms with Gasteiger partial charge in [-0.1, -0.05) is 31.1 Å². The summed E-state index contributed by atoms with van der Waals surface area (Å²) in [6, 6.07) is 6.33. The van der Waals surface area contributed by atoms with Gasteiger partial charge >= 0.3 is 0 Å². The fraction of sp³-hybridized carbons (Fsp3) is 0.520. The molecule has 2 aromatic heterocycles. The molecule has 32 heavy (non-hydrogen) atoms. The van der Waals surface area contributed by atoms with E-state index in [2.05, 4.69) is 58.6 Å². The minimum Gasteiger partial charge on any atom is -0.383 e. The molecule has 0 saturated heterocycles. The zero-order valence-corrected chi connectivity index (χ0v) is 19.7. The number of aryl methyl sites for hydroxylation is 2. The second-order valence-corrected chi connectivity index (χ2v) is 9.22. The van der Waals surface area contributed by atoms with Crippen molar-refractivity contribution in [3.8, 4) is 0 Å². The quantitative estimate of drug-likeness (QED) is 0.525. The highest BCUT2D eigenvalue weighted by Crippen LogP contribution is 2.36. The van der Waals surface area contributed by atoms with E-state index in [1.165, 1.54) is 22.0 Å². The zero-order chi connectivity index (χ0) is 22.8. The van der Waals surface area contributed by atoms with Gasteiger partial charge in [-0.2, -0.15) is 0 Å². The van der Waals surface area contributed by atoms with Gasteiger partial charge in [0.15, 0.2) is 0 Å². The van der Waals surface area contributed by atoms with Crippen LogP contribution in [0.5, 0.6) is 0 Å². The number of benzene rings is 1. The average molecular weight is 439 g/mol. The van der Waals surface area contributed by atoms with Crippen LogP contribution >= 0.6 is 0 Å². The first-order valence-electron chi connectivity index (χ1n) is 11.4. The lowest BCUT2D eigenvalue weighted by Gasteiger charge is -2.25. The van der Waals surface area contributed by atoms with E-state index in [-0.39, 0.29) is 18.0 Å². The Morgan fingerprint density at radius 3 is 2.88 bits per heavy atom. The summed E-state index contributed by atoms with van der Waals surface area (Å²) in [6.07, 6.45) is 3.82. The van der Waals surface area contributed by atoms with Gasteiger partial charge in [0, 0.05) is 42.4 Å². The lowest BCUT2D eigenvalue weighted by Crippen LogP contribution is -2.47. The number of hydrogen-bond donors (Lipinski definition) is 2. The van der Waals surface area contributed by atoms with Gasteiger partial charge in [0.1, 0.15) is 5.76 Å². The van der Waals surface area contributed by atoms with E-state index < -0.39 is 0 Å². The fourth-order valence-corrected chi connectivity index (χ4v) is 4.79. The number of carbonyl (C=O) groups is 1. The van der Waals surface area contributed by atoms with E-state index >= 15 is 0 Å². The highest BCUT2D eigenvalue weighted by molar-refractivity contribution is 5.90. The van der Waals surface area contributed by atoms with Crippen molar-refractivity contribution in [3.05, 3.63) is 52.5 Å². The van der Waals surface area contributed by atoms with Crippen LogP contribution in [0.1, 0.15) is 54.5 Å². The molecule has 1 amide bonds. The number of aromatic nitrogens is 2. The minimum absolute atomic E-state index is 0.0234. The maximum atomic E-state index is 13.0. The van der Waals surface area contributed by atoms with E-state index in [1.54, 1.807) is 7.11 Å². The second-order valence-electron chi connectivity index (χ2n) is 9.22. The molecule has 0 unspecified atom stereocenters. The molecule has 172 valence electrons. The van der Waals surface area contributed by atoms with Crippen LogP contribution in [0.4, 0.5) is 0 Å². The molecular formula is C25H34N4O3. The summed E-state index contributed by atoms with van der Waals surface area (Å²) in [5.74, 6) is 1.38. The van der Waals surface area contributed by atoms with Gasteiger partial charge in [0.05, 0.1) is 24.9 Å². The highest BCUT2D eigenvalue weighted by Gasteiger charge is 2.31. The van der Waals surface area contributed by atoms with Crippen molar-refractivity contribution in [2.45, 2.75) is 59.2 Å². The molecule has 1 aromatic carbocycles. The third-order valence-corrected chi connectivity index (χ3v) is 6.36. The van der Waals surface area contributed by atoms with Crippen molar-refractivity contribution in [2.75, 3.05) is 20.3 Å². The molecule has 4 rings (SSSR count). The van der Waals surface area contributed by atoms with E-state index in [0.29, 0.717) is 32.0 Å². The standard InChI is InChI=1S/C25H34N4O3/c1-15(2)11-21-19-7-6-8-23-24(19)18(12-22(27-21)25(30)26-9-10-31-5)13-29(23)14-20-16(3)28-32-17(20)4/h6-8,13,15,21-22,27H,9-12,14H2,1-5H3,(H,26,30)/t21-,22-/m0/s1. The average Bonchev–Trinajstić information content (AvgIpc) is 3.21. The van der Waals surface area contributed by atoms with E-state index in [0.717, 1.165) is 23.4 Å². The monoisotopic (exact) mass is 438 g/mol. The molecule has 0 aliphatic carbocycles. The number of nitrogens with one attached hydrogen (secondary N) is 2. The Kier molecular flexibility index (Phi) is 6.67. The highest BCUT2D eigenvalue weighted by atomic mass is 16.5. The van der Waals surface area contributed by atoms with Crippen molar-refractivity contribution < 1.29 is 14.1 Å². The maximum absolute atomic E-state index is 13.0. The molecular weight excluding hydrogens is 404 g/mol. The van der Waals surface area contributed by atoms with E-state index in [1.807, 2.05) is 13.8 Å². The molecule has 0 bridgehead atoms. The molecule has 7 heteroatoms. The molecule has 2 atom stereocenters. The van der Waals surface area contributed by atoms with Gasteiger partial charge < -0.3 is 19.1 Å². The van der Waals surface area contributed by atoms with Crippen LogP contribution in [0.15, 0.2) is 28.9 Å². The lowest BCUT2D eigenvalue weighted by molar-refractivity contribution is -0.123. The number of carbonyl (C=O) groups excluding carboxylic acids is 1. The molecule has 0 saturated carbocycles. The summed E-state index contributed by atoms with van der Waals surface area (Å²) in [4.78, 5) is 13.0. The van der Waals surface area contributed by atoms with Gasteiger partial charge in [-0.15, -0.1) is 0 Å². The van der Waals surface area contributed by atoms with Crippen molar-refractivity contribution in [2.24, 2.45) is 5.92 Å². The van der Waals surface area contributed by atoms with Crippen LogP contribution in [0.25, 0.3) is 10.9 Å². The number of nitrogens with zero attached hydrogens (tertiary/aromatic N) is 2. The van der Waals surface area contributed by atoms with Crippen LogP contribution in [-0.4, -0.2) is 41.9 Å². The molecule has 3 heterocycles. The van der Waals surface area contributed by atoms with E-state index in [4.69, 9.17) is 9.26 Å². The molecule has 7 nitrogen and oxygen atoms in total. The smallest absolute Gasteiger partial charge is 0.237 e. The Labute approximate surface area is 189 Å². The minimum atomic E-state index is -0.291. The van der Waals surface area contributed by atoms with Crippen molar-refractivity contribution in [1.29, 1.82) is 0 Å².